The van der Waals surface area contributed by atoms with E-state index in [0.717, 1.165) is 15.4 Å². The molecular weight excluding hydrogens is 430 g/mol. The summed E-state index contributed by atoms with van der Waals surface area (Å²) in [4.78, 5) is 36.2. The molecule has 2 rings (SSSR count). The number of carbonyl (C=O) groups is 3. The number of nitrogens with one attached hydrogen (secondary N) is 1. The Hall–Kier alpha value is -1.21. The van der Waals surface area contributed by atoms with E-state index in [1.165, 1.54) is 7.11 Å². The highest BCUT2D eigenvalue weighted by Crippen LogP contribution is 2.26. The third-order valence-corrected chi connectivity index (χ3v) is 4.77. The molecule has 0 saturated heterocycles. The van der Waals surface area contributed by atoms with Gasteiger partial charge in [0.2, 0.25) is 0 Å². The highest BCUT2D eigenvalue weighted by Gasteiger charge is 2.34. The van der Waals surface area contributed by atoms with Gasteiger partial charge in [0.25, 0.3) is 5.91 Å². The number of carbonyl (C=O) groups excluding carboxylic acids is 3. The first-order chi connectivity index (χ1) is 10.9. The lowest BCUT2D eigenvalue weighted by Gasteiger charge is -2.28. The van der Waals surface area contributed by atoms with Crippen molar-refractivity contribution >= 4 is 49.5 Å². The average molecular weight is 447 g/mol. The molecule has 0 aliphatic heterocycles. The highest BCUT2D eigenvalue weighted by atomic mass is 79.9. The van der Waals surface area contributed by atoms with E-state index in [0.29, 0.717) is 24.8 Å². The second-order valence-corrected chi connectivity index (χ2v) is 7.36. The van der Waals surface area contributed by atoms with Gasteiger partial charge < -0.3 is 10.1 Å². The zero-order valence-corrected chi connectivity index (χ0v) is 15.8. The topological polar surface area (TPSA) is 72.5 Å². The lowest BCUT2D eigenvalue weighted by atomic mass is 9.83. The Labute approximate surface area is 151 Å². The summed E-state index contributed by atoms with van der Waals surface area (Å²) in [7, 11) is 1.28. The van der Waals surface area contributed by atoms with Gasteiger partial charge in [-0.15, -0.1) is 0 Å². The number of Topliss-reactive ketones (excluding diaryl/α,β-unsaturated/α-hetero) is 1. The molecule has 2 atom stereocenters. The molecule has 0 radical (unpaired) electrons. The Balaban J connectivity index is 2.18. The van der Waals surface area contributed by atoms with Crippen LogP contribution in [0.25, 0.3) is 0 Å². The molecule has 1 N–H and O–H groups in total. The van der Waals surface area contributed by atoms with Crippen LogP contribution in [0.1, 0.15) is 36.0 Å². The number of ether oxygens (including phenoxy) is 1. The number of ketones is 1. The predicted octanol–water partition coefficient (Wildman–Crippen LogP) is 3.24. The number of amides is 1. The largest absolute Gasteiger partial charge is 0.467 e. The fourth-order valence-corrected chi connectivity index (χ4v) is 4.04. The van der Waals surface area contributed by atoms with Crippen molar-refractivity contribution in [2.24, 2.45) is 5.92 Å². The van der Waals surface area contributed by atoms with Gasteiger partial charge in [0.1, 0.15) is 11.8 Å². The second-order valence-electron chi connectivity index (χ2n) is 5.53. The van der Waals surface area contributed by atoms with Crippen LogP contribution in [-0.2, 0) is 14.3 Å². The molecule has 1 aliphatic carbocycles. The maximum absolute atomic E-state index is 12.5. The normalized spacial score (nSPS) is 19.1. The Morgan fingerprint density at radius 3 is 2.48 bits per heavy atom. The lowest BCUT2D eigenvalue weighted by molar-refractivity contribution is -0.145. The summed E-state index contributed by atoms with van der Waals surface area (Å²) in [6.45, 7) is 0. The summed E-state index contributed by atoms with van der Waals surface area (Å²) in [6, 6.07) is 4.34. The summed E-state index contributed by atoms with van der Waals surface area (Å²) < 4.78 is 6.30. The molecule has 0 aromatic heterocycles. The molecule has 1 fully saturated rings. The minimum absolute atomic E-state index is 0.120. The van der Waals surface area contributed by atoms with Gasteiger partial charge in [0.15, 0.2) is 0 Å². The van der Waals surface area contributed by atoms with Gasteiger partial charge in [-0.05, 0) is 37.0 Å². The van der Waals surface area contributed by atoms with Gasteiger partial charge in [-0.2, -0.15) is 0 Å². The summed E-state index contributed by atoms with van der Waals surface area (Å²) in [6.07, 6.45) is 2.28. The zero-order valence-electron chi connectivity index (χ0n) is 12.6. The number of rotatable bonds is 4. The molecule has 23 heavy (non-hydrogen) atoms. The Kier molecular flexibility index (Phi) is 6.35. The van der Waals surface area contributed by atoms with Crippen LogP contribution in [0, 0.1) is 5.92 Å². The fraction of sp³-hybridized carbons (Fsp3) is 0.438. The van der Waals surface area contributed by atoms with Crippen molar-refractivity contribution in [3.8, 4) is 0 Å². The van der Waals surface area contributed by atoms with E-state index in [1.807, 2.05) is 6.07 Å². The van der Waals surface area contributed by atoms with Gasteiger partial charge in [-0.1, -0.05) is 31.9 Å². The van der Waals surface area contributed by atoms with Gasteiger partial charge in [-0.3, -0.25) is 9.59 Å². The molecule has 1 amide bonds. The molecule has 124 valence electrons. The van der Waals surface area contributed by atoms with Crippen LogP contribution >= 0.6 is 31.9 Å². The van der Waals surface area contributed by atoms with E-state index in [-0.39, 0.29) is 17.6 Å². The van der Waals surface area contributed by atoms with E-state index < -0.39 is 12.0 Å². The second kappa shape index (κ2) is 8.06. The molecule has 5 nitrogen and oxygen atoms in total. The summed E-state index contributed by atoms with van der Waals surface area (Å²) in [5, 5.41) is 2.72. The molecular formula is C16H17Br2NO4. The Bertz CT molecular complexity index is 612. The molecule has 0 bridgehead atoms. The van der Waals surface area contributed by atoms with Crippen molar-refractivity contribution in [3.63, 3.8) is 0 Å². The van der Waals surface area contributed by atoms with Crippen molar-refractivity contribution in [2.45, 2.75) is 31.7 Å². The third kappa shape index (κ3) is 4.88. The lowest BCUT2D eigenvalue weighted by Crippen LogP contribution is -2.48. The number of methoxy groups -OCH3 is 1. The average Bonchev–Trinajstić information content (AvgIpc) is 2.50. The predicted molar refractivity (Wildman–Crippen MR) is 92.1 cm³/mol. The van der Waals surface area contributed by atoms with E-state index in [1.54, 1.807) is 12.1 Å². The van der Waals surface area contributed by atoms with Crippen molar-refractivity contribution in [3.05, 3.63) is 32.7 Å². The molecule has 1 aromatic rings. The Morgan fingerprint density at radius 1 is 1.26 bits per heavy atom. The number of hydrogen-bond acceptors (Lipinski definition) is 4. The number of benzene rings is 1. The SMILES string of the molecule is COC(=O)[C@H](NC(=O)c1cc(Br)cc(Br)c1)[C@@H]1CCCC(=O)C1. The molecule has 0 spiro atoms. The first kappa shape index (κ1) is 18.1. The van der Waals surface area contributed by atoms with Crippen LogP contribution in [0.2, 0.25) is 0 Å². The van der Waals surface area contributed by atoms with Gasteiger partial charge >= 0.3 is 5.97 Å². The zero-order chi connectivity index (χ0) is 17.0. The first-order valence-electron chi connectivity index (χ1n) is 7.27. The first-order valence-corrected chi connectivity index (χ1v) is 8.86. The molecule has 1 aromatic carbocycles. The van der Waals surface area contributed by atoms with Gasteiger partial charge in [0.05, 0.1) is 7.11 Å². The van der Waals surface area contributed by atoms with Crippen LogP contribution in [-0.4, -0.2) is 30.8 Å². The van der Waals surface area contributed by atoms with Gasteiger partial charge in [-0.25, -0.2) is 4.79 Å². The van der Waals surface area contributed by atoms with Crippen molar-refractivity contribution in [1.29, 1.82) is 0 Å². The van der Waals surface area contributed by atoms with Crippen molar-refractivity contribution < 1.29 is 19.1 Å². The molecule has 0 unspecified atom stereocenters. The maximum Gasteiger partial charge on any atom is 0.328 e. The molecule has 1 saturated carbocycles. The van der Waals surface area contributed by atoms with Crippen LogP contribution < -0.4 is 5.32 Å². The standard InChI is InChI=1S/C16H17Br2NO4/c1-23-16(22)14(9-3-2-4-13(20)7-9)19-15(21)10-5-11(17)8-12(18)6-10/h5-6,8-9,14H,2-4,7H2,1H3,(H,19,21)/t9-,14-/m1/s1. The summed E-state index contributed by atoms with van der Waals surface area (Å²) in [5.74, 6) is -0.995. The molecule has 0 heterocycles. The Morgan fingerprint density at radius 2 is 1.91 bits per heavy atom. The van der Waals surface area contributed by atoms with E-state index in [9.17, 15) is 14.4 Å². The number of halogens is 2. The van der Waals surface area contributed by atoms with Gasteiger partial charge in [0, 0.05) is 27.4 Å². The smallest absolute Gasteiger partial charge is 0.328 e. The van der Waals surface area contributed by atoms with E-state index in [4.69, 9.17) is 4.74 Å². The van der Waals surface area contributed by atoms with Crippen molar-refractivity contribution in [1.82, 2.24) is 5.32 Å². The molecule has 7 heteroatoms. The summed E-state index contributed by atoms with van der Waals surface area (Å²) >= 11 is 6.66. The van der Waals surface area contributed by atoms with Crippen LogP contribution in [0.3, 0.4) is 0 Å². The number of esters is 1. The fourth-order valence-electron chi connectivity index (χ4n) is 2.75. The van der Waals surface area contributed by atoms with Crippen molar-refractivity contribution in [2.75, 3.05) is 7.11 Å². The molecule has 1 aliphatic rings. The monoisotopic (exact) mass is 445 g/mol. The quantitative estimate of drug-likeness (QED) is 0.720. The maximum atomic E-state index is 12.5. The van der Waals surface area contributed by atoms with E-state index in [2.05, 4.69) is 37.2 Å². The minimum Gasteiger partial charge on any atom is -0.467 e. The van der Waals surface area contributed by atoms with Crippen LogP contribution in [0.5, 0.6) is 0 Å². The summed E-state index contributed by atoms with van der Waals surface area (Å²) in [5.41, 5.74) is 0.419. The minimum atomic E-state index is -0.811. The number of hydrogen-bond donors (Lipinski definition) is 1. The third-order valence-electron chi connectivity index (χ3n) is 3.86. The van der Waals surface area contributed by atoms with Crippen LogP contribution in [0.4, 0.5) is 0 Å². The van der Waals surface area contributed by atoms with E-state index >= 15 is 0 Å². The highest BCUT2D eigenvalue weighted by molar-refractivity contribution is 9.11. The van der Waals surface area contributed by atoms with Crippen LogP contribution in [0.15, 0.2) is 27.1 Å².